The summed E-state index contributed by atoms with van der Waals surface area (Å²) in [4.78, 5) is 36.9. The van der Waals surface area contributed by atoms with Crippen LogP contribution in [0.2, 0.25) is 0 Å². The monoisotopic (exact) mass is 373 g/mol. The molecule has 0 saturated heterocycles. The second-order valence-electron chi connectivity index (χ2n) is 6.46. The Balaban J connectivity index is 2.11. The van der Waals surface area contributed by atoms with Crippen LogP contribution in [0.15, 0.2) is 29.1 Å². The molecule has 1 aromatic carbocycles. The van der Waals surface area contributed by atoms with Crippen molar-refractivity contribution in [1.82, 2.24) is 15.4 Å². The Hall–Kier alpha value is -2.83. The third-order valence-electron chi connectivity index (χ3n) is 4.52. The first-order valence-corrected chi connectivity index (χ1v) is 9.44. The maximum Gasteiger partial charge on any atom is 0.275 e. The van der Waals surface area contributed by atoms with Crippen molar-refractivity contribution in [3.63, 3.8) is 0 Å². The molecule has 0 aliphatic rings. The molecule has 0 saturated carbocycles. The normalized spacial score (nSPS) is 10.7. The number of carbonyl (C=O) groups excluding carboxylic acids is 2. The predicted octanol–water partition coefficient (Wildman–Crippen LogP) is 2.85. The zero-order valence-corrected chi connectivity index (χ0v) is 15.9. The standard InChI is InChI=1S/C20H27N3O4/c1-3-5-6-7-8-13-16(24)21-22-18(25)17-14-11-9-10-12-15(14)19(26)23(4-2)20(17)27/h9-12,27H,3-8,13H2,1-2H3,(H,21,24)(H,22,25). The number of unbranched alkanes of at least 4 members (excludes halogenated alkanes) is 4. The van der Waals surface area contributed by atoms with Gasteiger partial charge >= 0.3 is 0 Å². The summed E-state index contributed by atoms with van der Waals surface area (Å²) in [5.41, 5.74) is 4.32. The van der Waals surface area contributed by atoms with E-state index in [-0.39, 0.29) is 23.6 Å². The van der Waals surface area contributed by atoms with E-state index in [4.69, 9.17) is 0 Å². The van der Waals surface area contributed by atoms with Gasteiger partial charge in [-0.15, -0.1) is 0 Å². The molecular weight excluding hydrogens is 346 g/mol. The van der Waals surface area contributed by atoms with E-state index in [1.807, 2.05) is 0 Å². The number of aromatic nitrogens is 1. The lowest BCUT2D eigenvalue weighted by atomic mass is 10.1. The minimum Gasteiger partial charge on any atom is -0.494 e. The van der Waals surface area contributed by atoms with Gasteiger partial charge < -0.3 is 5.11 Å². The number of carbonyl (C=O) groups is 2. The Kier molecular flexibility index (Phi) is 7.40. The van der Waals surface area contributed by atoms with Crippen molar-refractivity contribution < 1.29 is 14.7 Å². The molecule has 0 unspecified atom stereocenters. The predicted molar refractivity (Wildman–Crippen MR) is 105 cm³/mol. The third-order valence-corrected chi connectivity index (χ3v) is 4.52. The van der Waals surface area contributed by atoms with E-state index >= 15 is 0 Å². The molecule has 2 amide bonds. The van der Waals surface area contributed by atoms with Crippen LogP contribution in [0.3, 0.4) is 0 Å². The highest BCUT2D eigenvalue weighted by Gasteiger charge is 2.21. The van der Waals surface area contributed by atoms with Crippen LogP contribution in [-0.2, 0) is 11.3 Å². The maximum absolute atomic E-state index is 12.6. The van der Waals surface area contributed by atoms with Gasteiger partial charge in [0.2, 0.25) is 11.8 Å². The number of nitrogens with zero attached hydrogens (tertiary/aromatic N) is 1. The minimum absolute atomic E-state index is 0.0321. The Morgan fingerprint density at radius 1 is 1.00 bits per heavy atom. The smallest absolute Gasteiger partial charge is 0.275 e. The molecule has 7 nitrogen and oxygen atoms in total. The summed E-state index contributed by atoms with van der Waals surface area (Å²) < 4.78 is 1.13. The fourth-order valence-electron chi connectivity index (χ4n) is 3.04. The number of hydrogen-bond donors (Lipinski definition) is 3. The van der Waals surface area contributed by atoms with Gasteiger partial charge in [0.25, 0.3) is 11.5 Å². The zero-order chi connectivity index (χ0) is 19.8. The third kappa shape index (κ3) is 4.87. The number of fused-ring (bicyclic) bond motifs is 1. The number of rotatable bonds is 8. The molecule has 2 aromatic rings. The summed E-state index contributed by atoms with van der Waals surface area (Å²) in [7, 11) is 0. The van der Waals surface area contributed by atoms with E-state index in [1.165, 1.54) is 0 Å². The lowest BCUT2D eigenvalue weighted by Gasteiger charge is -2.14. The molecule has 0 spiro atoms. The summed E-state index contributed by atoms with van der Waals surface area (Å²) in [5, 5.41) is 11.1. The van der Waals surface area contributed by atoms with Gasteiger partial charge in [0.1, 0.15) is 5.56 Å². The molecule has 0 bridgehead atoms. The molecule has 0 aliphatic carbocycles. The fraction of sp³-hybridized carbons (Fsp3) is 0.450. The fourth-order valence-corrected chi connectivity index (χ4v) is 3.04. The highest BCUT2D eigenvalue weighted by molar-refractivity contribution is 6.09. The maximum atomic E-state index is 12.6. The van der Waals surface area contributed by atoms with Crippen molar-refractivity contribution in [2.75, 3.05) is 0 Å². The molecule has 2 rings (SSSR count). The van der Waals surface area contributed by atoms with Gasteiger partial charge in [-0.1, -0.05) is 50.8 Å². The van der Waals surface area contributed by atoms with E-state index < -0.39 is 11.8 Å². The van der Waals surface area contributed by atoms with Crippen LogP contribution in [0.25, 0.3) is 10.8 Å². The van der Waals surface area contributed by atoms with Crippen LogP contribution in [0.4, 0.5) is 0 Å². The van der Waals surface area contributed by atoms with Gasteiger partial charge in [0, 0.05) is 23.7 Å². The molecule has 0 atom stereocenters. The molecule has 146 valence electrons. The average Bonchev–Trinajstić information content (AvgIpc) is 2.66. The van der Waals surface area contributed by atoms with Crippen molar-refractivity contribution >= 4 is 22.6 Å². The zero-order valence-electron chi connectivity index (χ0n) is 15.9. The van der Waals surface area contributed by atoms with Crippen LogP contribution in [0.1, 0.15) is 62.7 Å². The summed E-state index contributed by atoms with van der Waals surface area (Å²) in [6, 6.07) is 6.59. The molecule has 7 heteroatoms. The highest BCUT2D eigenvalue weighted by Crippen LogP contribution is 2.24. The largest absolute Gasteiger partial charge is 0.494 e. The first kappa shape index (κ1) is 20.5. The van der Waals surface area contributed by atoms with Gasteiger partial charge in [-0.25, -0.2) is 0 Å². The summed E-state index contributed by atoms with van der Waals surface area (Å²) in [6.07, 6.45) is 5.44. The highest BCUT2D eigenvalue weighted by atomic mass is 16.3. The van der Waals surface area contributed by atoms with Gasteiger partial charge in [-0.05, 0) is 19.4 Å². The van der Waals surface area contributed by atoms with Crippen LogP contribution in [0, 0.1) is 0 Å². The lowest BCUT2D eigenvalue weighted by Crippen LogP contribution is -2.42. The van der Waals surface area contributed by atoms with Crippen LogP contribution in [-0.4, -0.2) is 21.5 Å². The van der Waals surface area contributed by atoms with E-state index in [0.29, 0.717) is 17.2 Å². The van der Waals surface area contributed by atoms with Crippen molar-refractivity contribution in [1.29, 1.82) is 0 Å². The van der Waals surface area contributed by atoms with E-state index in [2.05, 4.69) is 17.8 Å². The second kappa shape index (κ2) is 9.75. The van der Waals surface area contributed by atoms with Gasteiger partial charge in [0.05, 0.1) is 0 Å². The van der Waals surface area contributed by atoms with Crippen molar-refractivity contribution in [2.24, 2.45) is 0 Å². The SMILES string of the molecule is CCCCCCCC(=O)NNC(=O)c1c(O)n(CC)c(=O)c2ccccc12. The van der Waals surface area contributed by atoms with E-state index in [1.54, 1.807) is 31.2 Å². The number of pyridine rings is 1. The number of hydrogen-bond acceptors (Lipinski definition) is 4. The molecular formula is C20H27N3O4. The first-order chi connectivity index (χ1) is 13.0. The molecule has 1 heterocycles. The van der Waals surface area contributed by atoms with Gasteiger partial charge in [0.15, 0.2) is 0 Å². The number of amides is 2. The minimum atomic E-state index is -0.662. The van der Waals surface area contributed by atoms with Crippen molar-refractivity contribution in [3.05, 3.63) is 40.2 Å². The number of hydrazine groups is 1. The Labute approximate surface area is 158 Å². The summed E-state index contributed by atoms with van der Waals surface area (Å²) in [5.74, 6) is -1.36. The number of benzene rings is 1. The first-order valence-electron chi connectivity index (χ1n) is 9.44. The van der Waals surface area contributed by atoms with Crippen molar-refractivity contribution in [2.45, 2.75) is 58.9 Å². The van der Waals surface area contributed by atoms with Crippen molar-refractivity contribution in [3.8, 4) is 5.88 Å². The van der Waals surface area contributed by atoms with Crippen LogP contribution in [0.5, 0.6) is 5.88 Å². The number of aromatic hydroxyl groups is 1. The summed E-state index contributed by atoms with van der Waals surface area (Å²) in [6.45, 7) is 4.06. The lowest BCUT2D eigenvalue weighted by molar-refractivity contribution is -0.122. The molecule has 0 fully saturated rings. The number of nitrogens with one attached hydrogen (secondary N) is 2. The molecule has 0 aliphatic heterocycles. The van der Waals surface area contributed by atoms with Crippen LogP contribution < -0.4 is 16.4 Å². The molecule has 27 heavy (non-hydrogen) atoms. The van der Waals surface area contributed by atoms with Gasteiger partial charge in [-0.3, -0.25) is 29.8 Å². The van der Waals surface area contributed by atoms with Gasteiger partial charge in [-0.2, -0.15) is 0 Å². The Morgan fingerprint density at radius 3 is 2.33 bits per heavy atom. The van der Waals surface area contributed by atoms with Crippen LogP contribution >= 0.6 is 0 Å². The topological polar surface area (TPSA) is 100 Å². The Morgan fingerprint density at radius 2 is 1.67 bits per heavy atom. The molecule has 0 radical (unpaired) electrons. The quantitative estimate of drug-likeness (QED) is 0.489. The van der Waals surface area contributed by atoms with E-state index in [0.717, 1.165) is 36.7 Å². The average molecular weight is 373 g/mol. The molecule has 1 aromatic heterocycles. The molecule has 3 N–H and O–H groups in total. The second-order valence-corrected chi connectivity index (χ2v) is 6.46. The Bertz CT molecular complexity index is 873. The summed E-state index contributed by atoms with van der Waals surface area (Å²) >= 11 is 0. The van der Waals surface area contributed by atoms with E-state index in [9.17, 15) is 19.5 Å².